The fourth-order valence-corrected chi connectivity index (χ4v) is 7.95. The molecule has 8 nitrogen and oxygen atoms in total. The SMILES string of the molecule is CCCCCOc1cccc([C@@H]2C(=C(O)c3ccc4c(c3)C[C@@H](C)O4)C(=O)C(=O)N2c2nnc(SCc3ccc(Cl)cc3Cl)s2)c1. The Labute approximate surface area is 285 Å². The minimum atomic E-state index is -0.959. The highest BCUT2D eigenvalue weighted by Gasteiger charge is 2.48. The molecule has 238 valence electrons. The molecule has 1 N–H and O–H groups in total. The first-order chi connectivity index (χ1) is 22.2. The first-order valence-electron chi connectivity index (χ1n) is 15.0. The smallest absolute Gasteiger partial charge is 0.301 e. The van der Waals surface area contributed by atoms with Crippen molar-refractivity contribution in [1.82, 2.24) is 10.2 Å². The number of unbranched alkanes of at least 4 members (excludes halogenated alkanes) is 2. The van der Waals surface area contributed by atoms with Crippen LogP contribution in [-0.2, 0) is 21.8 Å². The Kier molecular flexibility index (Phi) is 9.89. The van der Waals surface area contributed by atoms with Crippen molar-refractivity contribution < 1.29 is 24.2 Å². The van der Waals surface area contributed by atoms with E-state index in [1.807, 2.05) is 37.3 Å². The van der Waals surface area contributed by atoms with Crippen molar-refractivity contribution in [1.29, 1.82) is 0 Å². The minimum absolute atomic E-state index is 0.0122. The second-order valence-electron chi connectivity index (χ2n) is 11.1. The zero-order valence-electron chi connectivity index (χ0n) is 25.2. The normalized spacial score (nSPS) is 18.6. The van der Waals surface area contributed by atoms with Gasteiger partial charge >= 0.3 is 5.91 Å². The molecular weight excluding hydrogens is 665 g/mol. The van der Waals surface area contributed by atoms with E-state index in [1.165, 1.54) is 28.0 Å². The van der Waals surface area contributed by atoms with Crippen LogP contribution in [0, 0.1) is 0 Å². The summed E-state index contributed by atoms with van der Waals surface area (Å²) in [5.74, 6) is -0.0140. The van der Waals surface area contributed by atoms with Crippen LogP contribution in [0.2, 0.25) is 10.0 Å². The van der Waals surface area contributed by atoms with E-state index in [9.17, 15) is 14.7 Å². The quantitative estimate of drug-likeness (QED) is 0.0415. The summed E-state index contributed by atoms with van der Waals surface area (Å²) < 4.78 is 12.4. The van der Waals surface area contributed by atoms with Crippen LogP contribution < -0.4 is 14.4 Å². The summed E-state index contributed by atoms with van der Waals surface area (Å²) in [5, 5.41) is 21.6. The van der Waals surface area contributed by atoms with Gasteiger partial charge in [0.2, 0.25) is 5.13 Å². The minimum Gasteiger partial charge on any atom is -0.507 e. The van der Waals surface area contributed by atoms with Gasteiger partial charge in [-0.3, -0.25) is 14.5 Å². The maximum Gasteiger partial charge on any atom is 0.301 e. The molecule has 2 atom stereocenters. The van der Waals surface area contributed by atoms with E-state index in [0.717, 1.165) is 36.1 Å². The molecule has 1 fully saturated rings. The lowest BCUT2D eigenvalue weighted by atomic mass is 9.94. The monoisotopic (exact) mass is 695 g/mol. The van der Waals surface area contributed by atoms with E-state index in [-0.39, 0.29) is 22.6 Å². The zero-order chi connectivity index (χ0) is 32.4. The third-order valence-electron chi connectivity index (χ3n) is 7.77. The topological polar surface area (TPSA) is 102 Å². The molecule has 3 aromatic carbocycles. The van der Waals surface area contributed by atoms with Crippen molar-refractivity contribution in [2.45, 2.75) is 61.8 Å². The fourth-order valence-electron chi connectivity index (χ4n) is 5.52. The van der Waals surface area contributed by atoms with Crippen LogP contribution in [0.1, 0.15) is 61.4 Å². The lowest BCUT2D eigenvalue weighted by Crippen LogP contribution is -2.29. The van der Waals surface area contributed by atoms with Gasteiger partial charge < -0.3 is 14.6 Å². The maximum atomic E-state index is 13.7. The highest BCUT2D eigenvalue weighted by molar-refractivity contribution is 8.00. The van der Waals surface area contributed by atoms with Gasteiger partial charge in [-0.2, -0.15) is 0 Å². The molecule has 0 saturated carbocycles. The van der Waals surface area contributed by atoms with Crippen LogP contribution in [0.25, 0.3) is 5.76 Å². The third kappa shape index (κ3) is 6.76. The van der Waals surface area contributed by atoms with Crippen LogP contribution in [0.3, 0.4) is 0 Å². The number of aliphatic hydroxyl groups excluding tert-OH is 1. The molecule has 0 radical (unpaired) electrons. The lowest BCUT2D eigenvalue weighted by Gasteiger charge is -2.23. The molecule has 0 aliphatic carbocycles. The van der Waals surface area contributed by atoms with Gasteiger partial charge in [0.25, 0.3) is 5.78 Å². The number of benzene rings is 3. The number of ether oxygens (including phenoxy) is 2. The van der Waals surface area contributed by atoms with Gasteiger partial charge in [0, 0.05) is 27.8 Å². The molecule has 1 amide bonds. The Morgan fingerprint density at radius 1 is 1.11 bits per heavy atom. The number of aliphatic hydroxyl groups is 1. The second-order valence-corrected chi connectivity index (χ2v) is 14.1. The highest BCUT2D eigenvalue weighted by Crippen LogP contribution is 2.45. The number of halogens is 2. The molecule has 6 rings (SSSR count). The number of hydrogen-bond donors (Lipinski definition) is 1. The fraction of sp³-hybridized carbons (Fsp3) is 0.294. The Bertz CT molecular complexity index is 1830. The molecule has 12 heteroatoms. The van der Waals surface area contributed by atoms with Crippen molar-refractivity contribution in [2.24, 2.45) is 0 Å². The first-order valence-corrected chi connectivity index (χ1v) is 17.5. The Hall–Kier alpha value is -3.57. The third-order valence-corrected chi connectivity index (χ3v) is 10.5. The molecule has 1 saturated heterocycles. The van der Waals surface area contributed by atoms with Crippen molar-refractivity contribution in [3.05, 3.63) is 98.5 Å². The summed E-state index contributed by atoms with van der Waals surface area (Å²) in [4.78, 5) is 28.8. The Morgan fingerprint density at radius 2 is 1.96 bits per heavy atom. The Balaban J connectivity index is 1.37. The molecule has 3 heterocycles. The molecular formula is C34H31Cl2N3O5S2. The van der Waals surface area contributed by atoms with Crippen LogP contribution >= 0.6 is 46.3 Å². The van der Waals surface area contributed by atoms with E-state index in [2.05, 4.69) is 17.1 Å². The number of fused-ring (bicyclic) bond motifs is 1. The van der Waals surface area contributed by atoms with E-state index >= 15 is 0 Å². The number of thioether (sulfide) groups is 1. The van der Waals surface area contributed by atoms with Crippen molar-refractivity contribution in [2.75, 3.05) is 11.5 Å². The largest absolute Gasteiger partial charge is 0.507 e. The molecule has 1 aromatic heterocycles. The average Bonchev–Trinajstić information content (AvgIpc) is 3.73. The highest BCUT2D eigenvalue weighted by atomic mass is 35.5. The molecule has 4 aromatic rings. The molecule has 2 aliphatic heterocycles. The summed E-state index contributed by atoms with van der Waals surface area (Å²) in [5.41, 5.74) is 2.80. The second kappa shape index (κ2) is 14.0. The van der Waals surface area contributed by atoms with Gasteiger partial charge in [0.1, 0.15) is 23.4 Å². The van der Waals surface area contributed by atoms with Gasteiger partial charge in [0.05, 0.1) is 18.2 Å². The average molecular weight is 697 g/mol. The number of ketones is 1. The van der Waals surface area contributed by atoms with Crippen LogP contribution in [0.15, 0.2) is 70.6 Å². The zero-order valence-corrected chi connectivity index (χ0v) is 28.3. The summed E-state index contributed by atoms with van der Waals surface area (Å²) in [6, 6.07) is 16.9. The van der Waals surface area contributed by atoms with Crippen LogP contribution in [-0.4, -0.2) is 39.7 Å². The van der Waals surface area contributed by atoms with Crippen LogP contribution in [0.5, 0.6) is 11.5 Å². The lowest BCUT2D eigenvalue weighted by molar-refractivity contribution is -0.132. The predicted molar refractivity (Wildman–Crippen MR) is 182 cm³/mol. The van der Waals surface area contributed by atoms with E-state index in [1.54, 1.807) is 30.3 Å². The van der Waals surface area contributed by atoms with E-state index in [0.29, 0.717) is 50.0 Å². The molecule has 0 spiro atoms. The molecule has 0 unspecified atom stereocenters. The number of hydrogen-bond acceptors (Lipinski definition) is 9. The van der Waals surface area contributed by atoms with E-state index in [4.69, 9.17) is 32.7 Å². The van der Waals surface area contributed by atoms with Gasteiger partial charge in [-0.05, 0) is 72.5 Å². The number of carbonyl (C=O) groups excluding carboxylic acids is 2. The van der Waals surface area contributed by atoms with Gasteiger partial charge in [-0.25, -0.2) is 0 Å². The summed E-state index contributed by atoms with van der Waals surface area (Å²) in [6.07, 6.45) is 3.72. The number of carbonyl (C=O) groups is 2. The molecule has 2 aliphatic rings. The first kappa shape index (κ1) is 32.4. The molecule has 0 bridgehead atoms. The standard InChI is InChI=1S/C34H31Cl2N3O5S2/c1-3-4-5-13-43-25-8-6-7-20(16-25)29-28(30(40)21-10-12-27-23(15-21)14-19(2)44-27)31(41)32(42)39(29)33-37-38-34(46-33)45-18-22-9-11-24(35)17-26(22)36/h6-12,15-17,19,29,40H,3-5,13-14,18H2,1-2H3/t19-,29-/m1/s1. The summed E-state index contributed by atoms with van der Waals surface area (Å²) in [6.45, 7) is 4.64. The van der Waals surface area contributed by atoms with Crippen molar-refractivity contribution in [3.8, 4) is 11.5 Å². The number of nitrogens with zero attached hydrogens (tertiary/aromatic N) is 3. The number of anilines is 1. The number of aromatic nitrogens is 2. The number of amides is 1. The number of rotatable bonds is 11. The van der Waals surface area contributed by atoms with Gasteiger partial charge in [-0.1, -0.05) is 84.3 Å². The van der Waals surface area contributed by atoms with Crippen LogP contribution in [0.4, 0.5) is 5.13 Å². The summed E-state index contributed by atoms with van der Waals surface area (Å²) in [7, 11) is 0. The maximum absolute atomic E-state index is 13.7. The predicted octanol–water partition coefficient (Wildman–Crippen LogP) is 8.66. The van der Waals surface area contributed by atoms with E-state index < -0.39 is 17.7 Å². The van der Waals surface area contributed by atoms with Gasteiger partial charge in [0.15, 0.2) is 4.34 Å². The van der Waals surface area contributed by atoms with Crippen molar-refractivity contribution >= 4 is 68.9 Å². The molecule has 46 heavy (non-hydrogen) atoms. The van der Waals surface area contributed by atoms with Crippen molar-refractivity contribution in [3.63, 3.8) is 0 Å². The Morgan fingerprint density at radius 3 is 2.76 bits per heavy atom. The number of Topliss-reactive ketones (excluding diaryl/α,β-unsaturated/α-hetero) is 1. The van der Waals surface area contributed by atoms with Gasteiger partial charge in [-0.15, -0.1) is 10.2 Å². The summed E-state index contributed by atoms with van der Waals surface area (Å²) >= 11 is 15.0.